The number of nitrogens with zero attached hydrogens (tertiary/aromatic N) is 1. The summed E-state index contributed by atoms with van der Waals surface area (Å²) in [4.78, 5) is 27.2. The monoisotopic (exact) mass is 366 g/mol. The average Bonchev–Trinajstić information content (AvgIpc) is 3.19. The molecule has 1 saturated heterocycles. The summed E-state index contributed by atoms with van der Waals surface area (Å²) in [6.45, 7) is 7.18. The SMILES string of the molecule is Cc1ccc(C)c(O[C@H](C)C(=O)Nc2ccccc2C(=O)N2CCCC2)c1. The third kappa shape index (κ3) is 4.48. The van der Waals surface area contributed by atoms with Crippen molar-refractivity contribution in [3.05, 3.63) is 59.2 Å². The Morgan fingerprint density at radius 3 is 2.52 bits per heavy atom. The highest BCUT2D eigenvalue weighted by Gasteiger charge is 2.23. The second-order valence-corrected chi connectivity index (χ2v) is 7.06. The van der Waals surface area contributed by atoms with Crippen LogP contribution in [-0.4, -0.2) is 35.9 Å². The van der Waals surface area contributed by atoms with Gasteiger partial charge in [-0.1, -0.05) is 24.3 Å². The first kappa shape index (κ1) is 19.0. The molecule has 1 fully saturated rings. The van der Waals surface area contributed by atoms with Gasteiger partial charge in [0.05, 0.1) is 11.3 Å². The van der Waals surface area contributed by atoms with Crippen molar-refractivity contribution in [2.45, 2.75) is 39.7 Å². The number of rotatable bonds is 5. The van der Waals surface area contributed by atoms with Gasteiger partial charge in [0.1, 0.15) is 5.75 Å². The van der Waals surface area contributed by atoms with Crippen molar-refractivity contribution >= 4 is 17.5 Å². The molecule has 0 bridgehead atoms. The van der Waals surface area contributed by atoms with Crippen molar-refractivity contribution in [1.29, 1.82) is 0 Å². The highest BCUT2D eigenvalue weighted by molar-refractivity contribution is 6.04. The summed E-state index contributed by atoms with van der Waals surface area (Å²) in [6.07, 6.45) is 1.38. The predicted molar refractivity (Wildman–Crippen MR) is 106 cm³/mol. The number of nitrogens with one attached hydrogen (secondary N) is 1. The molecule has 5 heteroatoms. The van der Waals surface area contributed by atoms with E-state index in [4.69, 9.17) is 4.74 Å². The Hall–Kier alpha value is -2.82. The summed E-state index contributed by atoms with van der Waals surface area (Å²) in [5, 5.41) is 2.86. The largest absolute Gasteiger partial charge is 0.481 e. The van der Waals surface area contributed by atoms with E-state index in [1.807, 2.05) is 49.1 Å². The van der Waals surface area contributed by atoms with Crippen LogP contribution in [-0.2, 0) is 4.79 Å². The lowest BCUT2D eigenvalue weighted by Crippen LogP contribution is -2.32. The third-order valence-corrected chi connectivity index (χ3v) is 4.83. The van der Waals surface area contributed by atoms with Gasteiger partial charge in [0.25, 0.3) is 11.8 Å². The molecule has 0 saturated carbocycles. The van der Waals surface area contributed by atoms with Crippen LogP contribution < -0.4 is 10.1 Å². The van der Waals surface area contributed by atoms with E-state index in [0.29, 0.717) is 17.0 Å². The van der Waals surface area contributed by atoms with Crippen LogP contribution in [0.1, 0.15) is 41.3 Å². The molecular formula is C22H26N2O3. The number of amides is 2. The number of hydrogen-bond acceptors (Lipinski definition) is 3. The third-order valence-electron chi connectivity index (χ3n) is 4.83. The zero-order valence-electron chi connectivity index (χ0n) is 16.1. The Labute approximate surface area is 160 Å². The van der Waals surface area contributed by atoms with Gasteiger partial charge in [-0.2, -0.15) is 0 Å². The maximum Gasteiger partial charge on any atom is 0.265 e. The Balaban J connectivity index is 1.72. The summed E-state index contributed by atoms with van der Waals surface area (Å²) in [7, 11) is 0. The van der Waals surface area contributed by atoms with E-state index < -0.39 is 6.10 Å². The number of ether oxygens (including phenoxy) is 1. The molecule has 0 radical (unpaired) electrons. The number of hydrogen-bond donors (Lipinski definition) is 1. The smallest absolute Gasteiger partial charge is 0.265 e. The van der Waals surface area contributed by atoms with Gasteiger partial charge in [0.2, 0.25) is 0 Å². The number of carbonyl (C=O) groups excluding carboxylic acids is 2. The Bertz CT molecular complexity index is 841. The molecule has 27 heavy (non-hydrogen) atoms. The topological polar surface area (TPSA) is 58.6 Å². The van der Waals surface area contributed by atoms with E-state index >= 15 is 0 Å². The van der Waals surface area contributed by atoms with Gasteiger partial charge in [-0.25, -0.2) is 0 Å². The zero-order valence-corrected chi connectivity index (χ0v) is 16.1. The summed E-state index contributed by atoms with van der Waals surface area (Å²) < 4.78 is 5.85. The maximum absolute atomic E-state index is 12.7. The molecule has 1 heterocycles. The van der Waals surface area contributed by atoms with Crippen molar-refractivity contribution in [1.82, 2.24) is 4.90 Å². The first-order valence-corrected chi connectivity index (χ1v) is 9.39. The molecule has 0 aliphatic carbocycles. The van der Waals surface area contributed by atoms with E-state index in [1.165, 1.54) is 0 Å². The molecule has 0 spiro atoms. The molecule has 2 aromatic carbocycles. The fourth-order valence-corrected chi connectivity index (χ4v) is 3.18. The first-order valence-electron chi connectivity index (χ1n) is 9.39. The standard InChI is InChI=1S/C22H26N2O3/c1-15-10-11-16(2)20(14-15)27-17(3)21(25)23-19-9-5-4-8-18(19)22(26)24-12-6-7-13-24/h4-5,8-11,14,17H,6-7,12-13H2,1-3H3,(H,23,25)/t17-/m1/s1. The summed E-state index contributed by atoms with van der Waals surface area (Å²) in [6, 6.07) is 13.0. The van der Waals surface area contributed by atoms with Crippen molar-refractivity contribution in [3.8, 4) is 5.75 Å². The molecule has 1 N–H and O–H groups in total. The van der Waals surface area contributed by atoms with Gasteiger partial charge in [0, 0.05) is 13.1 Å². The molecule has 1 aliphatic rings. The molecule has 142 valence electrons. The van der Waals surface area contributed by atoms with Gasteiger partial charge in [0.15, 0.2) is 6.10 Å². The number of para-hydroxylation sites is 1. The highest BCUT2D eigenvalue weighted by atomic mass is 16.5. The second kappa shape index (κ2) is 8.25. The van der Waals surface area contributed by atoms with Crippen LogP contribution in [0.3, 0.4) is 0 Å². The van der Waals surface area contributed by atoms with E-state index in [-0.39, 0.29) is 11.8 Å². The second-order valence-electron chi connectivity index (χ2n) is 7.06. The summed E-state index contributed by atoms with van der Waals surface area (Å²) in [5.74, 6) is 0.378. The van der Waals surface area contributed by atoms with Gasteiger partial charge < -0.3 is 15.0 Å². The first-order chi connectivity index (χ1) is 13.0. The van der Waals surface area contributed by atoms with Crippen molar-refractivity contribution in [2.24, 2.45) is 0 Å². The lowest BCUT2D eigenvalue weighted by molar-refractivity contribution is -0.122. The Morgan fingerprint density at radius 2 is 1.78 bits per heavy atom. The molecule has 0 aromatic heterocycles. The molecule has 1 aliphatic heterocycles. The van der Waals surface area contributed by atoms with Crippen LogP contribution in [0.5, 0.6) is 5.75 Å². The zero-order chi connectivity index (χ0) is 19.4. The number of likely N-dealkylation sites (tertiary alicyclic amines) is 1. The van der Waals surface area contributed by atoms with Crippen molar-refractivity contribution < 1.29 is 14.3 Å². The van der Waals surface area contributed by atoms with Crippen LogP contribution in [0.15, 0.2) is 42.5 Å². The van der Waals surface area contributed by atoms with Gasteiger partial charge in [-0.3, -0.25) is 9.59 Å². The minimum atomic E-state index is -0.680. The lowest BCUT2D eigenvalue weighted by Gasteiger charge is -2.20. The Kier molecular flexibility index (Phi) is 5.79. The molecule has 5 nitrogen and oxygen atoms in total. The van der Waals surface area contributed by atoms with Crippen LogP contribution in [0, 0.1) is 13.8 Å². The summed E-state index contributed by atoms with van der Waals surface area (Å²) >= 11 is 0. The highest BCUT2D eigenvalue weighted by Crippen LogP contribution is 2.23. The predicted octanol–water partition coefficient (Wildman–Crippen LogP) is 3.95. The number of anilines is 1. The van der Waals surface area contributed by atoms with E-state index in [0.717, 1.165) is 37.1 Å². The minimum absolute atomic E-state index is 0.0356. The molecule has 0 unspecified atom stereocenters. The fourth-order valence-electron chi connectivity index (χ4n) is 3.18. The minimum Gasteiger partial charge on any atom is -0.481 e. The summed E-state index contributed by atoms with van der Waals surface area (Å²) in [5.41, 5.74) is 3.09. The maximum atomic E-state index is 12.7. The van der Waals surface area contributed by atoms with Crippen molar-refractivity contribution in [3.63, 3.8) is 0 Å². The lowest BCUT2D eigenvalue weighted by atomic mass is 10.1. The fraction of sp³-hybridized carbons (Fsp3) is 0.364. The van der Waals surface area contributed by atoms with Crippen LogP contribution >= 0.6 is 0 Å². The van der Waals surface area contributed by atoms with Crippen LogP contribution in [0.2, 0.25) is 0 Å². The number of aryl methyl sites for hydroxylation is 2. The quantitative estimate of drug-likeness (QED) is 0.872. The van der Waals surface area contributed by atoms with E-state index in [9.17, 15) is 9.59 Å². The van der Waals surface area contributed by atoms with Crippen LogP contribution in [0.4, 0.5) is 5.69 Å². The van der Waals surface area contributed by atoms with Crippen molar-refractivity contribution in [2.75, 3.05) is 18.4 Å². The van der Waals surface area contributed by atoms with Crippen LogP contribution in [0.25, 0.3) is 0 Å². The van der Waals surface area contributed by atoms with Gasteiger partial charge >= 0.3 is 0 Å². The molecular weight excluding hydrogens is 340 g/mol. The van der Waals surface area contributed by atoms with E-state index in [2.05, 4.69) is 5.32 Å². The molecule has 2 aromatic rings. The Morgan fingerprint density at radius 1 is 1.07 bits per heavy atom. The average molecular weight is 366 g/mol. The number of carbonyl (C=O) groups is 2. The number of benzene rings is 2. The molecule has 1 atom stereocenters. The molecule has 2 amide bonds. The van der Waals surface area contributed by atoms with Gasteiger partial charge in [-0.05, 0) is 62.9 Å². The van der Waals surface area contributed by atoms with Gasteiger partial charge in [-0.15, -0.1) is 0 Å². The molecule has 3 rings (SSSR count). The van der Waals surface area contributed by atoms with E-state index in [1.54, 1.807) is 19.1 Å². The normalized spacial score (nSPS) is 14.7.